The van der Waals surface area contributed by atoms with E-state index in [-0.39, 0.29) is 32.0 Å². The van der Waals surface area contributed by atoms with Crippen molar-refractivity contribution in [1.82, 2.24) is 14.8 Å². The van der Waals surface area contributed by atoms with Crippen molar-refractivity contribution in [2.75, 3.05) is 18.5 Å². The van der Waals surface area contributed by atoms with Crippen LogP contribution in [0.5, 0.6) is 0 Å². The number of hydrogen-bond donors (Lipinski definition) is 2. The summed E-state index contributed by atoms with van der Waals surface area (Å²) in [6, 6.07) is 4.39. The minimum absolute atomic E-state index is 0.246. The van der Waals surface area contributed by atoms with Crippen LogP contribution in [0.4, 0.5) is 5.13 Å². The van der Waals surface area contributed by atoms with E-state index in [1.807, 2.05) is 0 Å². The molecule has 0 bridgehead atoms. The van der Waals surface area contributed by atoms with Gasteiger partial charge < -0.3 is 15.8 Å². The summed E-state index contributed by atoms with van der Waals surface area (Å²) >= 11 is 1.00. The van der Waals surface area contributed by atoms with Crippen LogP contribution < -0.4 is 11.1 Å². The average Bonchev–Trinajstić information content (AvgIpc) is 3.45. The largest absolute Gasteiger partial charge is 0.381 e. The Bertz CT molecular complexity index is 1340. The van der Waals surface area contributed by atoms with Crippen LogP contribution >= 0.6 is 11.3 Å². The van der Waals surface area contributed by atoms with E-state index in [9.17, 15) is 18.0 Å². The lowest BCUT2D eigenvalue weighted by Crippen LogP contribution is -2.30. The number of hydrogen-bond acceptors (Lipinski definition) is 8. The van der Waals surface area contributed by atoms with E-state index in [4.69, 9.17) is 10.5 Å². The number of nitrogens with two attached hydrogens (primary N) is 1. The molecule has 10 nitrogen and oxygen atoms in total. The van der Waals surface area contributed by atoms with Gasteiger partial charge in [0.25, 0.3) is 11.8 Å². The van der Waals surface area contributed by atoms with Gasteiger partial charge in [-0.05, 0) is 50.2 Å². The van der Waals surface area contributed by atoms with Gasteiger partial charge in [-0.15, -0.1) is 0 Å². The normalized spacial score (nSPS) is 18.1. The molecule has 34 heavy (non-hydrogen) atoms. The van der Waals surface area contributed by atoms with Gasteiger partial charge in [0.15, 0.2) is 15.0 Å². The van der Waals surface area contributed by atoms with Crippen molar-refractivity contribution < 1.29 is 22.7 Å². The predicted molar refractivity (Wildman–Crippen MR) is 126 cm³/mol. The summed E-state index contributed by atoms with van der Waals surface area (Å²) in [7, 11) is -3.43. The Kier molecular flexibility index (Phi) is 6.13. The summed E-state index contributed by atoms with van der Waals surface area (Å²) in [6.45, 7) is 1.27. The smallest absolute Gasteiger partial charge is 0.260 e. The van der Waals surface area contributed by atoms with Crippen molar-refractivity contribution in [3.8, 4) is 0 Å². The van der Waals surface area contributed by atoms with Crippen molar-refractivity contribution in [1.29, 1.82) is 0 Å². The molecule has 1 aliphatic heterocycles. The lowest BCUT2D eigenvalue weighted by Gasteiger charge is -2.26. The molecule has 12 heteroatoms. The maximum Gasteiger partial charge on any atom is 0.260 e. The lowest BCUT2D eigenvalue weighted by atomic mass is 9.92. The van der Waals surface area contributed by atoms with Crippen molar-refractivity contribution in [3.63, 3.8) is 0 Å². The number of nitrogens with zero attached hydrogens (tertiary/aromatic N) is 3. The van der Waals surface area contributed by atoms with E-state index >= 15 is 0 Å². The zero-order valence-corrected chi connectivity index (χ0v) is 20.0. The summed E-state index contributed by atoms with van der Waals surface area (Å²) in [5.41, 5.74) is 5.89. The summed E-state index contributed by atoms with van der Waals surface area (Å²) in [5.74, 6) is -0.698. The molecule has 1 unspecified atom stereocenters. The molecule has 3 aromatic rings. The molecule has 1 aromatic carbocycles. The number of rotatable bonds is 8. The third-order valence-electron chi connectivity index (χ3n) is 6.34. The van der Waals surface area contributed by atoms with E-state index in [1.54, 1.807) is 22.9 Å². The molecule has 1 saturated heterocycles. The summed E-state index contributed by atoms with van der Waals surface area (Å²) in [5, 5.41) is 7.71. The number of aromatic nitrogens is 3. The fourth-order valence-electron chi connectivity index (χ4n) is 4.35. The van der Waals surface area contributed by atoms with Gasteiger partial charge in [0.05, 0.1) is 28.1 Å². The minimum Gasteiger partial charge on any atom is -0.381 e. The van der Waals surface area contributed by atoms with Crippen LogP contribution in [0.3, 0.4) is 0 Å². The number of thiazole rings is 1. The molecule has 3 heterocycles. The standard InChI is InChI=1S/C22H25N5O5S2/c23-20(28)18-12-24-22(33-18)26-21(29)17(10-13-6-8-32-9-7-13)27-16-2-1-3-19(15(16)11-25-27)34(30,31)14-4-5-14/h1-3,11-14,17H,4-10H2,(H2,23,28)(H,24,26,29). The zero-order chi connectivity index (χ0) is 23.9. The van der Waals surface area contributed by atoms with Gasteiger partial charge in [-0.1, -0.05) is 17.4 Å². The highest BCUT2D eigenvalue weighted by molar-refractivity contribution is 7.92. The van der Waals surface area contributed by atoms with Gasteiger partial charge in [-0.25, -0.2) is 13.4 Å². The molecule has 180 valence electrons. The molecule has 1 atom stereocenters. The molecule has 3 N–H and O–H groups in total. The molecule has 2 fully saturated rings. The minimum atomic E-state index is -3.43. The predicted octanol–water partition coefficient (Wildman–Crippen LogP) is 2.52. The van der Waals surface area contributed by atoms with Crippen molar-refractivity contribution in [2.24, 2.45) is 11.7 Å². The second-order valence-electron chi connectivity index (χ2n) is 8.71. The van der Waals surface area contributed by atoms with Crippen LogP contribution in [0.15, 0.2) is 35.5 Å². The number of sulfone groups is 1. The molecular formula is C22H25N5O5S2. The zero-order valence-electron chi connectivity index (χ0n) is 18.3. The van der Waals surface area contributed by atoms with Crippen molar-refractivity contribution >= 4 is 49.0 Å². The van der Waals surface area contributed by atoms with Crippen molar-refractivity contribution in [3.05, 3.63) is 35.5 Å². The van der Waals surface area contributed by atoms with Gasteiger partial charge >= 0.3 is 0 Å². The second kappa shape index (κ2) is 9.08. The summed E-state index contributed by atoms with van der Waals surface area (Å²) in [6.07, 6.45) is 6.36. The molecule has 2 aliphatic rings. The van der Waals surface area contributed by atoms with Crippen LogP contribution in [0.2, 0.25) is 0 Å². The van der Waals surface area contributed by atoms with Crippen LogP contribution in [0.1, 0.15) is 47.8 Å². The number of carbonyl (C=O) groups is 2. The maximum absolute atomic E-state index is 13.4. The Morgan fingerprint density at radius 2 is 1.97 bits per heavy atom. The quantitative estimate of drug-likeness (QED) is 0.480. The second-order valence-corrected chi connectivity index (χ2v) is 11.9. The van der Waals surface area contributed by atoms with Gasteiger partial charge in [0.2, 0.25) is 0 Å². The highest BCUT2D eigenvalue weighted by atomic mass is 32.2. The third-order valence-corrected chi connectivity index (χ3v) is 9.59. The molecule has 1 saturated carbocycles. The Balaban J connectivity index is 1.50. The van der Waals surface area contributed by atoms with Crippen LogP contribution in [-0.4, -0.2) is 53.5 Å². The van der Waals surface area contributed by atoms with E-state index in [0.29, 0.717) is 43.4 Å². The highest BCUT2D eigenvalue weighted by Gasteiger charge is 2.38. The third kappa shape index (κ3) is 4.44. The Hall–Kier alpha value is -2.83. The molecule has 0 radical (unpaired) electrons. The fraction of sp³-hybridized carbons (Fsp3) is 0.455. The van der Waals surface area contributed by atoms with Gasteiger partial charge in [-0.2, -0.15) is 5.10 Å². The van der Waals surface area contributed by atoms with Gasteiger partial charge in [0, 0.05) is 18.6 Å². The number of fused-ring (bicyclic) bond motifs is 1. The van der Waals surface area contributed by atoms with Crippen LogP contribution in [-0.2, 0) is 19.4 Å². The fourth-order valence-corrected chi connectivity index (χ4v) is 6.87. The summed E-state index contributed by atoms with van der Waals surface area (Å²) in [4.78, 5) is 29.4. The number of benzene rings is 1. The number of carbonyl (C=O) groups excluding carboxylic acids is 2. The first-order valence-electron chi connectivity index (χ1n) is 11.2. The lowest BCUT2D eigenvalue weighted by molar-refractivity contribution is -0.120. The van der Waals surface area contributed by atoms with E-state index in [1.165, 1.54) is 12.4 Å². The van der Waals surface area contributed by atoms with Crippen LogP contribution in [0, 0.1) is 5.92 Å². The Morgan fingerprint density at radius 3 is 2.65 bits per heavy atom. The molecular weight excluding hydrogens is 478 g/mol. The Labute approximate surface area is 200 Å². The first-order chi connectivity index (χ1) is 16.3. The van der Waals surface area contributed by atoms with Crippen molar-refractivity contribution in [2.45, 2.75) is 48.3 Å². The number of nitrogens with one attached hydrogen (secondary N) is 1. The van der Waals surface area contributed by atoms with E-state index in [2.05, 4.69) is 15.4 Å². The molecule has 5 rings (SSSR count). The summed E-state index contributed by atoms with van der Waals surface area (Å²) < 4.78 is 33.0. The van der Waals surface area contributed by atoms with Gasteiger partial charge in [0.1, 0.15) is 10.9 Å². The Morgan fingerprint density at radius 1 is 1.21 bits per heavy atom. The number of anilines is 1. The molecule has 2 aromatic heterocycles. The number of ether oxygens (including phenoxy) is 1. The molecule has 2 amide bonds. The van der Waals surface area contributed by atoms with E-state index < -0.39 is 21.8 Å². The van der Waals surface area contributed by atoms with Crippen LogP contribution in [0.25, 0.3) is 10.9 Å². The number of amides is 2. The monoisotopic (exact) mass is 503 g/mol. The maximum atomic E-state index is 13.4. The SMILES string of the molecule is NC(=O)c1cnc(NC(=O)C(CC2CCOCC2)n2ncc3c(S(=O)(=O)C4CC4)cccc32)s1. The first kappa shape index (κ1) is 22.9. The van der Waals surface area contributed by atoms with E-state index in [0.717, 1.165) is 24.2 Å². The molecule has 0 spiro atoms. The topological polar surface area (TPSA) is 146 Å². The first-order valence-corrected chi connectivity index (χ1v) is 13.5. The molecule has 1 aliphatic carbocycles. The highest BCUT2D eigenvalue weighted by Crippen LogP contribution is 2.37. The average molecular weight is 504 g/mol. The number of primary amides is 1. The van der Waals surface area contributed by atoms with Gasteiger partial charge in [-0.3, -0.25) is 14.3 Å².